The monoisotopic (exact) mass is 247 g/mol. The van der Waals surface area contributed by atoms with E-state index in [0.717, 1.165) is 31.5 Å². The average molecular weight is 248 g/mol. The van der Waals surface area contributed by atoms with Crippen molar-refractivity contribution in [1.82, 2.24) is 5.32 Å². The Labute approximate surface area is 98.6 Å². The number of piperidine rings is 1. The van der Waals surface area contributed by atoms with Crippen LogP contribution in [0.25, 0.3) is 0 Å². The van der Waals surface area contributed by atoms with Gasteiger partial charge in [0, 0.05) is 5.02 Å². The van der Waals surface area contributed by atoms with Gasteiger partial charge < -0.3 is 5.32 Å². The minimum atomic E-state index is -0.445. The lowest BCUT2D eigenvalue weighted by Gasteiger charge is -2.24. The Hall–Kier alpha value is -0.310. The second-order valence-corrected chi connectivity index (χ2v) is 4.63. The Morgan fingerprint density at radius 2 is 1.80 bits per heavy atom. The van der Waals surface area contributed by atoms with E-state index in [-0.39, 0.29) is 5.02 Å². The molecule has 1 fully saturated rings. The Morgan fingerprint density at radius 1 is 1.13 bits per heavy atom. The summed E-state index contributed by atoms with van der Waals surface area (Å²) >= 11 is 11.8. The minimum absolute atomic E-state index is 0.160. The normalized spacial score (nSPS) is 18.1. The van der Waals surface area contributed by atoms with E-state index in [0.29, 0.717) is 10.9 Å². The van der Waals surface area contributed by atoms with Gasteiger partial charge in [0.15, 0.2) is 0 Å². The number of hydrogen-bond donors (Lipinski definition) is 1. The lowest BCUT2D eigenvalue weighted by atomic mass is 9.90. The quantitative estimate of drug-likeness (QED) is 0.749. The molecule has 0 bridgehead atoms. The van der Waals surface area contributed by atoms with Crippen molar-refractivity contribution in [2.75, 3.05) is 13.1 Å². The summed E-state index contributed by atoms with van der Waals surface area (Å²) in [6.07, 6.45) is 2.06. The van der Waals surface area contributed by atoms with Gasteiger partial charge in [-0.3, -0.25) is 0 Å². The topological polar surface area (TPSA) is 12.0 Å². The van der Waals surface area contributed by atoms with Crippen molar-refractivity contribution < 1.29 is 4.39 Å². The fraction of sp³-hybridized carbons (Fsp3) is 0.455. The van der Waals surface area contributed by atoms with Crippen LogP contribution in [0.2, 0.25) is 10.0 Å². The highest BCUT2D eigenvalue weighted by atomic mass is 35.5. The summed E-state index contributed by atoms with van der Waals surface area (Å²) in [5.74, 6) is -0.0452. The third kappa shape index (κ3) is 2.44. The standard InChI is InChI=1S/C11H12Cl2FN/c12-9-6-11(14)10(13)5-8(9)7-1-3-15-4-2-7/h5-7,15H,1-4H2. The zero-order valence-electron chi connectivity index (χ0n) is 8.19. The van der Waals surface area contributed by atoms with Crippen LogP contribution in [0.3, 0.4) is 0 Å². The van der Waals surface area contributed by atoms with Crippen molar-refractivity contribution in [3.8, 4) is 0 Å². The van der Waals surface area contributed by atoms with E-state index in [1.165, 1.54) is 6.07 Å². The molecule has 0 unspecified atom stereocenters. The first-order valence-electron chi connectivity index (χ1n) is 5.03. The molecule has 0 spiro atoms. The van der Waals surface area contributed by atoms with Gasteiger partial charge in [0.05, 0.1) is 5.02 Å². The molecule has 4 heteroatoms. The molecular weight excluding hydrogens is 236 g/mol. The maximum Gasteiger partial charge on any atom is 0.143 e. The molecule has 0 amide bonds. The van der Waals surface area contributed by atoms with Crippen LogP contribution in [0.4, 0.5) is 4.39 Å². The van der Waals surface area contributed by atoms with Crippen molar-refractivity contribution in [2.45, 2.75) is 18.8 Å². The van der Waals surface area contributed by atoms with E-state index in [1.54, 1.807) is 6.07 Å². The second kappa shape index (κ2) is 4.69. The van der Waals surface area contributed by atoms with E-state index in [2.05, 4.69) is 5.32 Å². The summed E-state index contributed by atoms with van der Waals surface area (Å²) in [5, 5.41) is 3.93. The van der Waals surface area contributed by atoms with Crippen molar-refractivity contribution in [1.29, 1.82) is 0 Å². The van der Waals surface area contributed by atoms with Crippen LogP contribution in [0, 0.1) is 5.82 Å². The van der Waals surface area contributed by atoms with E-state index < -0.39 is 5.82 Å². The van der Waals surface area contributed by atoms with Crippen LogP contribution in [0.1, 0.15) is 24.3 Å². The molecular formula is C11H12Cl2FN. The summed E-state index contributed by atoms with van der Waals surface area (Å²) in [6.45, 7) is 1.96. The molecule has 0 radical (unpaired) electrons. The zero-order valence-corrected chi connectivity index (χ0v) is 9.71. The first-order chi connectivity index (χ1) is 7.18. The summed E-state index contributed by atoms with van der Waals surface area (Å²) in [6, 6.07) is 2.97. The van der Waals surface area contributed by atoms with Crippen LogP contribution in [0.5, 0.6) is 0 Å². The lowest BCUT2D eigenvalue weighted by molar-refractivity contribution is 0.460. The number of rotatable bonds is 1. The molecule has 1 saturated heterocycles. The van der Waals surface area contributed by atoms with E-state index >= 15 is 0 Å². The predicted octanol–water partition coefficient (Wildman–Crippen LogP) is 3.60. The van der Waals surface area contributed by atoms with E-state index in [4.69, 9.17) is 23.2 Å². The largest absolute Gasteiger partial charge is 0.317 e. The molecule has 1 heterocycles. The zero-order chi connectivity index (χ0) is 10.8. The van der Waals surface area contributed by atoms with Crippen LogP contribution < -0.4 is 5.32 Å². The van der Waals surface area contributed by atoms with Crippen LogP contribution >= 0.6 is 23.2 Å². The third-order valence-corrected chi connectivity index (χ3v) is 3.44. The SMILES string of the molecule is Fc1cc(Cl)c(C2CCNCC2)cc1Cl. The first-order valence-corrected chi connectivity index (χ1v) is 5.79. The van der Waals surface area contributed by atoms with Crippen molar-refractivity contribution >= 4 is 23.2 Å². The Kier molecular flexibility index (Phi) is 3.49. The van der Waals surface area contributed by atoms with Gasteiger partial charge >= 0.3 is 0 Å². The molecule has 1 N–H and O–H groups in total. The summed E-state index contributed by atoms with van der Waals surface area (Å²) < 4.78 is 13.1. The molecule has 1 aromatic rings. The summed E-state index contributed by atoms with van der Waals surface area (Å²) in [5.41, 5.74) is 0.976. The van der Waals surface area contributed by atoms with Crippen LogP contribution in [-0.2, 0) is 0 Å². The third-order valence-electron chi connectivity index (χ3n) is 2.82. The Bertz CT molecular complexity index is 362. The predicted molar refractivity (Wildman–Crippen MR) is 61.3 cm³/mol. The average Bonchev–Trinajstić information content (AvgIpc) is 2.25. The van der Waals surface area contributed by atoms with Crippen molar-refractivity contribution in [2.24, 2.45) is 0 Å². The van der Waals surface area contributed by atoms with Gasteiger partial charge in [0.1, 0.15) is 5.82 Å². The first kappa shape index (κ1) is 11.2. The number of halogens is 3. The molecule has 1 nitrogen and oxygen atoms in total. The van der Waals surface area contributed by atoms with Gasteiger partial charge in [-0.25, -0.2) is 4.39 Å². The minimum Gasteiger partial charge on any atom is -0.317 e. The van der Waals surface area contributed by atoms with Gasteiger partial charge in [-0.15, -0.1) is 0 Å². The van der Waals surface area contributed by atoms with Crippen LogP contribution in [0.15, 0.2) is 12.1 Å². The Balaban J connectivity index is 2.30. The van der Waals surface area contributed by atoms with Gasteiger partial charge in [0.2, 0.25) is 0 Å². The number of hydrogen-bond acceptors (Lipinski definition) is 1. The highest BCUT2D eigenvalue weighted by Gasteiger charge is 2.19. The fourth-order valence-electron chi connectivity index (χ4n) is 1.98. The number of benzene rings is 1. The molecule has 0 aliphatic carbocycles. The van der Waals surface area contributed by atoms with Gasteiger partial charge in [-0.05, 0) is 49.5 Å². The Morgan fingerprint density at radius 3 is 2.47 bits per heavy atom. The molecule has 1 aliphatic heterocycles. The molecule has 1 aromatic carbocycles. The summed E-state index contributed by atoms with van der Waals surface area (Å²) in [4.78, 5) is 0. The van der Waals surface area contributed by atoms with Gasteiger partial charge in [-0.1, -0.05) is 23.2 Å². The van der Waals surface area contributed by atoms with E-state index in [9.17, 15) is 4.39 Å². The van der Waals surface area contributed by atoms with Crippen molar-refractivity contribution in [3.05, 3.63) is 33.6 Å². The second-order valence-electron chi connectivity index (χ2n) is 3.81. The molecule has 0 saturated carbocycles. The fourth-order valence-corrected chi connectivity index (χ4v) is 2.46. The maximum absolute atomic E-state index is 13.1. The van der Waals surface area contributed by atoms with E-state index in [1.807, 2.05) is 0 Å². The summed E-state index contributed by atoms with van der Waals surface area (Å²) in [7, 11) is 0. The molecule has 15 heavy (non-hydrogen) atoms. The highest BCUT2D eigenvalue weighted by molar-refractivity contribution is 6.33. The molecule has 1 aliphatic rings. The molecule has 82 valence electrons. The lowest BCUT2D eigenvalue weighted by Crippen LogP contribution is -2.26. The smallest absolute Gasteiger partial charge is 0.143 e. The van der Waals surface area contributed by atoms with Crippen LogP contribution in [-0.4, -0.2) is 13.1 Å². The van der Waals surface area contributed by atoms with Crippen molar-refractivity contribution in [3.63, 3.8) is 0 Å². The molecule has 0 aromatic heterocycles. The number of nitrogens with one attached hydrogen (secondary N) is 1. The van der Waals surface area contributed by atoms with Gasteiger partial charge in [-0.2, -0.15) is 0 Å². The van der Waals surface area contributed by atoms with Gasteiger partial charge in [0.25, 0.3) is 0 Å². The highest BCUT2D eigenvalue weighted by Crippen LogP contribution is 2.34. The maximum atomic E-state index is 13.1. The molecule has 0 atom stereocenters. The molecule has 2 rings (SSSR count).